The average Bonchev–Trinajstić information content (AvgIpc) is 3.08. The summed E-state index contributed by atoms with van der Waals surface area (Å²) in [6, 6.07) is 0.394. The van der Waals surface area contributed by atoms with Crippen LogP contribution in [0.15, 0.2) is 34.1 Å². The van der Waals surface area contributed by atoms with Crippen LogP contribution < -0.4 is 21.3 Å². The van der Waals surface area contributed by atoms with E-state index in [9.17, 15) is 27.6 Å². The van der Waals surface area contributed by atoms with Gasteiger partial charge >= 0.3 is 12.2 Å². The lowest BCUT2D eigenvalue weighted by molar-refractivity contribution is -0.138. The van der Waals surface area contributed by atoms with Crippen LogP contribution in [0.5, 0.6) is 0 Å². The number of H-pyrrole nitrogens is 1. The lowest BCUT2D eigenvalue weighted by Gasteiger charge is -2.39. The molecule has 3 aromatic rings. The average molecular weight is 497 g/mol. The van der Waals surface area contributed by atoms with Gasteiger partial charge in [0.25, 0.3) is 11.1 Å². The summed E-state index contributed by atoms with van der Waals surface area (Å²) < 4.78 is 56.4. The van der Waals surface area contributed by atoms with Gasteiger partial charge < -0.3 is 19.7 Å². The van der Waals surface area contributed by atoms with Crippen LogP contribution in [0.4, 0.5) is 33.7 Å². The molecule has 2 atom stereocenters. The number of hydrogen-bond donors (Lipinski definition) is 2. The van der Waals surface area contributed by atoms with Crippen molar-refractivity contribution in [2.24, 2.45) is 14.1 Å². The maximum atomic E-state index is 15.1. The quantitative estimate of drug-likeness (QED) is 0.539. The molecule has 0 spiro atoms. The monoisotopic (exact) mass is 497 g/mol. The van der Waals surface area contributed by atoms with E-state index in [1.807, 2.05) is 0 Å². The number of pyridine rings is 2. The van der Waals surface area contributed by atoms with Gasteiger partial charge in [-0.15, -0.1) is 0 Å². The number of piperidine rings is 1. The first-order chi connectivity index (χ1) is 16.4. The van der Waals surface area contributed by atoms with Crippen LogP contribution in [-0.4, -0.2) is 62.6 Å². The lowest BCUT2D eigenvalue weighted by atomic mass is 10.0. The highest BCUT2D eigenvalue weighted by molar-refractivity contribution is 5.89. The fourth-order valence-corrected chi connectivity index (χ4v) is 4.14. The topological polar surface area (TPSA) is 108 Å². The van der Waals surface area contributed by atoms with Gasteiger partial charge in [-0.1, -0.05) is 0 Å². The van der Waals surface area contributed by atoms with E-state index in [-0.39, 0.29) is 18.5 Å². The molecule has 14 heteroatoms. The number of aryl methyl sites for hydroxylation is 2. The van der Waals surface area contributed by atoms with E-state index in [0.29, 0.717) is 35.5 Å². The van der Waals surface area contributed by atoms with Crippen molar-refractivity contribution in [3.8, 4) is 0 Å². The van der Waals surface area contributed by atoms with Gasteiger partial charge in [0.15, 0.2) is 5.65 Å². The Morgan fingerprint density at radius 3 is 2.60 bits per heavy atom. The lowest BCUT2D eigenvalue weighted by Crippen LogP contribution is -2.54. The first-order valence-corrected chi connectivity index (χ1v) is 10.6. The summed E-state index contributed by atoms with van der Waals surface area (Å²) in [5.41, 5.74) is -1.79. The molecule has 0 radical (unpaired) electrons. The maximum Gasteiger partial charge on any atom is 0.417 e. The number of rotatable bonds is 3. The molecular weight excluding hydrogens is 474 g/mol. The second kappa shape index (κ2) is 8.74. The van der Waals surface area contributed by atoms with E-state index in [0.717, 1.165) is 16.5 Å². The Hall–Kier alpha value is -3.84. The molecule has 4 heterocycles. The summed E-state index contributed by atoms with van der Waals surface area (Å²) in [6.45, 7) is 0.248. The van der Waals surface area contributed by atoms with E-state index in [1.54, 1.807) is 18.0 Å². The molecule has 0 bridgehead atoms. The number of nitrogens with one attached hydrogen (secondary N) is 2. The van der Waals surface area contributed by atoms with Crippen LogP contribution in [0, 0.1) is 0 Å². The first-order valence-electron chi connectivity index (χ1n) is 10.6. The number of nitrogens with zero attached hydrogens (tertiary/aromatic N) is 5. The predicted octanol–water partition coefficient (Wildman–Crippen LogP) is 2.06. The molecule has 1 fully saturated rings. The van der Waals surface area contributed by atoms with Gasteiger partial charge in [-0.25, -0.2) is 14.2 Å². The molecule has 1 aliphatic heterocycles. The van der Waals surface area contributed by atoms with Crippen LogP contribution in [0.3, 0.4) is 0 Å². The van der Waals surface area contributed by atoms with Crippen LogP contribution in [0.2, 0.25) is 0 Å². The van der Waals surface area contributed by atoms with Gasteiger partial charge in [-0.2, -0.15) is 13.2 Å². The van der Waals surface area contributed by atoms with Gasteiger partial charge in [-0.05, 0) is 18.6 Å². The first kappa shape index (κ1) is 24.3. The zero-order valence-corrected chi connectivity index (χ0v) is 19.1. The molecular formula is C21H23F4N7O3. The van der Waals surface area contributed by atoms with Crippen molar-refractivity contribution in [3.05, 3.63) is 50.8 Å². The third-order valence-corrected chi connectivity index (χ3v) is 6.12. The maximum absolute atomic E-state index is 15.1. The molecule has 2 amide bonds. The van der Waals surface area contributed by atoms with Gasteiger partial charge in [-0.3, -0.25) is 19.4 Å². The molecule has 4 rings (SSSR count). The largest absolute Gasteiger partial charge is 0.417 e. The van der Waals surface area contributed by atoms with E-state index < -0.39 is 41.2 Å². The van der Waals surface area contributed by atoms with Crippen LogP contribution in [0.25, 0.3) is 11.0 Å². The highest BCUT2D eigenvalue weighted by atomic mass is 19.4. The molecule has 1 saturated heterocycles. The minimum absolute atomic E-state index is 0.0917. The predicted molar refractivity (Wildman–Crippen MR) is 120 cm³/mol. The third-order valence-electron chi connectivity index (χ3n) is 6.12. The molecule has 0 aliphatic carbocycles. The number of urea groups is 1. The van der Waals surface area contributed by atoms with Crippen molar-refractivity contribution < 1.29 is 22.4 Å². The summed E-state index contributed by atoms with van der Waals surface area (Å²) in [5, 5.41) is 5.34. The molecule has 0 unspecified atom stereocenters. The fraction of sp³-hybridized carbons (Fsp3) is 0.429. The number of halogens is 4. The van der Waals surface area contributed by atoms with E-state index in [2.05, 4.69) is 15.4 Å². The summed E-state index contributed by atoms with van der Waals surface area (Å²) in [7, 11) is 4.01. The number of amides is 2. The molecule has 0 aromatic carbocycles. The Morgan fingerprint density at radius 2 is 1.94 bits per heavy atom. The molecule has 35 heavy (non-hydrogen) atoms. The summed E-state index contributed by atoms with van der Waals surface area (Å²) in [4.78, 5) is 44.0. The Balaban J connectivity index is 1.47. The van der Waals surface area contributed by atoms with Gasteiger partial charge in [0.05, 0.1) is 35.4 Å². The number of carbonyl (C=O) groups is 1. The third kappa shape index (κ3) is 4.59. The number of fused-ring (bicyclic) bond motifs is 1. The van der Waals surface area contributed by atoms with Crippen molar-refractivity contribution >= 4 is 28.4 Å². The zero-order chi connectivity index (χ0) is 25.7. The van der Waals surface area contributed by atoms with Gasteiger partial charge in [0, 0.05) is 33.9 Å². The molecule has 1 aliphatic rings. The Morgan fingerprint density at radius 1 is 1.23 bits per heavy atom. The molecule has 0 saturated carbocycles. The standard InChI is InChI=1S/C21H23F4N7O3/c1-29-9-11(21(23,24)25)6-15(19(29)34)27-20(35)30(2)16-4-5-32(10-14(16)22)12-7-13-17(26-8-12)28-31(3)18(13)33/h6-9,14,16H,4-5,10H2,1-3H3,(H,26,28)(H,27,35)/t14-,16-/m1/s1. The number of alkyl halides is 4. The summed E-state index contributed by atoms with van der Waals surface area (Å²) >= 11 is 0. The van der Waals surface area contributed by atoms with Crippen molar-refractivity contribution in [2.45, 2.75) is 24.8 Å². The van der Waals surface area contributed by atoms with Crippen molar-refractivity contribution in [1.82, 2.24) is 24.2 Å². The van der Waals surface area contributed by atoms with Crippen molar-refractivity contribution in [2.75, 3.05) is 30.4 Å². The number of hydrogen-bond acceptors (Lipinski definition) is 5. The summed E-state index contributed by atoms with van der Waals surface area (Å²) in [6.07, 6.45) is -3.87. The van der Waals surface area contributed by atoms with Gasteiger partial charge in [0.2, 0.25) is 0 Å². The van der Waals surface area contributed by atoms with E-state index in [4.69, 9.17) is 0 Å². The fourth-order valence-electron chi connectivity index (χ4n) is 4.14. The number of carbonyl (C=O) groups excluding carboxylic acids is 1. The second-order valence-corrected chi connectivity index (χ2v) is 8.48. The number of aromatic nitrogens is 4. The van der Waals surface area contributed by atoms with Crippen molar-refractivity contribution in [1.29, 1.82) is 0 Å². The van der Waals surface area contributed by atoms with Crippen LogP contribution >= 0.6 is 0 Å². The molecule has 10 nitrogen and oxygen atoms in total. The van der Waals surface area contributed by atoms with Crippen LogP contribution in [-0.2, 0) is 20.3 Å². The van der Waals surface area contributed by atoms with Crippen molar-refractivity contribution in [3.63, 3.8) is 0 Å². The minimum atomic E-state index is -4.71. The van der Waals surface area contributed by atoms with Crippen LogP contribution in [0.1, 0.15) is 12.0 Å². The minimum Gasteiger partial charge on any atom is -0.367 e. The Bertz CT molecular complexity index is 1390. The highest BCUT2D eigenvalue weighted by Crippen LogP contribution is 2.30. The SMILES string of the molecule is CN(C(=O)Nc1cc(C(F)(F)F)cn(C)c1=O)[C@@H]1CCN(c2cnc3[nH]n(C)c(=O)c3c2)C[C@H]1F. The zero-order valence-electron chi connectivity index (χ0n) is 19.1. The normalized spacial score (nSPS) is 18.7. The number of aromatic amines is 1. The summed E-state index contributed by atoms with van der Waals surface area (Å²) in [5.74, 6) is 0. The highest BCUT2D eigenvalue weighted by Gasteiger charge is 2.36. The smallest absolute Gasteiger partial charge is 0.367 e. The van der Waals surface area contributed by atoms with Gasteiger partial charge in [0.1, 0.15) is 11.9 Å². The molecule has 2 N–H and O–H groups in total. The van der Waals surface area contributed by atoms with E-state index >= 15 is 4.39 Å². The molecule has 3 aromatic heterocycles. The Labute approximate surface area is 195 Å². The van der Waals surface area contributed by atoms with E-state index in [1.165, 1.54) is 17.9 Å². The second-order valence-electron chi connectivity index (χ2n) is 8.48. The molecule has 188 valence electrons. The number of anilines is 2. The Kier molecular flexibility index (Phi) is 6.07.